The van der Waals surface area contributed by atoms with Crippen LogP contribution in [0.1, 0.15) is 49.5 Å². The van der Waals surface area contributed by atoms with Crippen LogP contribution in [-0.2, 0) is 0 Å². The molecule has 2 atom stereocenters. The number of pyridine rings is 1. The van der Waals surface area contributed by atoms with Crippen molar-refractivity contribution in [3.63, 3.8) is 0 Å². The zero-order valence-electron chi connectivity index (χ0n) is 10.6. The number of hydrogen-bond acceptors (Lipinski definition) is 2. The molecule has 2 nitrogen and oxygen atoms in total. The topological polar surface area (TPSA) is 33.1 Å². The Kier molecular flexibility index (Phi) is 3.95. The van der Waals surface area contributed by atoms with Gasteiger partial charge in [0.15, 0.2) is 0 Å². The van der Waals surface area contributed by atoms with Crippen LogP contribution in [0.2, 0.25) is 0 Å². The number of alkyl halides is 2. The summed E-state index contributed by atoms with van der Waals surface area (Å²) in [4.78, 5) is 4.14. The molecule has 1 fully saturated rings. The van der Waals surface area contributed by atoms with Crippen molar-refractivity contribution in [3.05, 3.63) is 29.6 Å². The van der Waals surface area contributed by atoms with Gasteiger partial charge in [0, 0.05) is 19.0 Å². The Labute approximate surface area is 106 Å². The van der Waals surface area contributed by atoms with Crippen molar-refractivity contribution >= 4 is 0 Å². The van der Waals surface area contributed by atoms with Gasteiger partial charge in [0.25, 0.3) is 0 Å². The number of rotatable bonds is 3. The van der Waals surface area contributed by atoms with Crippen LogP contribution >= 0.6 is 0 Å². The monoisotopic (exact) mass is 255 g/mol. The minimum Gasteiger partial charge on any atom is -0.387 e. The Hall–Kier alpha value is -1.03. The van der Waals surface area contributed by atoms with Crippen LogP contribution < -0.4 is 0 Å². The molecule has 0 aliphatic heterocycles. The zero-order chi connectivity index (χ0) is 13.2. The van der Waals surface area contributed by atoms with Crippen LogP contribution in [0, 0.1) is 12.8 Å². The van der Waals surface area contributed by atoms with E-state index in [0.29, 0.717) is 18.5 Å². The molecule has 1 heterocycles. The molecule has 1 aliphatic carbocycles. The summed E-state index contributed by atoms with van der Waals surface area (Å²) in [5.41, 5.74) is 1.53. The van der Waals surface area contributed by atoms with Gasteiger partial charge in [-0.2, -0.15) is 0 Å². The smallest absolute Gasteiger partial charge is 0.248 e. The molecular weight excluding hydrogens is 236 g/mol. The van der Waals surface area contributed by atoms with E-state index in [-0.39, 0.29) is 18.8 Å². The van der Waals surface area contributed by atoms with E-state index in [1.54, 1.807) is 12.3 Å². The normalized spacial score (nSPS) is 24.8. The highest BCUT2D eigenvalue weighted by Crippen LogP contribution is 2.40. The highest BCUT2D eigenvalue weighted by molar-refractivity contribution is 5.19. The minimum absolute atomic E-state index is 0.0117. The van der Waals surface area contributed by atoms with Crippen molar-refractivity contribution in [1.29, 1.82) is 0 Å². The van der Waals surface area contributed by atoms with Crippen molar-refractivity contribution in [2.45, 2.75) is 51.1 Å². The maximum atomic E-state index is 13.3. The van der Waals surface area contributed by atoms with Gasteiger partial charge in [0.2, 0.25) is 5.92 Å². The Balaban J connectivity index is 1.99. The first kappa shape index (κ1) is 13.4. The Morgan fingerprint density at radius 1 is 1.56 bits per heavy atom. The lowest BCUT2D eigenvalue weighted by Crippen LogP contribution is -2.27. The molecule has 1 saturated carbocycles. The Bertz CT molecular complexity index is 409. The molecule has 2 unspecified atom stereocenters. The summed E-state index contributed by atoms with van der Waals surface area (Å²) in [6.45, 7) is 1.88. The summed E-state index contributed by atoms with van der Waals surface area (Å²) in [7, 11) is 0. The average molecular weight is 255 g/mol. The number of aryl methyl sites for hydroxylation is 1. The molecule has 0 amide bonds. The molecule has 100 valence electrons. The van der Waals surface area contributed by atoms with E-state index in [1.165, 1.54) is 0 Å². The van der Waals surface area contributed by atoms with E-state index in [1.807, 2.05) is 13.0 Å². The van der Waals surface area contributed by atoms with Crippen molar-refractivity contribution in [3.8, 4) is 0 Å². The van der Waals surface area contributed by atoms with Crippen LogP contribution in [0.4, 0.5) is 8.78 Å². The highest BCUT2D eigenvalue weighted by atomic mass is 19.3. The van der Waals surface area contributed by atoms with Gasteiger partial charge in [-0.1, -0.05) is 6.07 Å². The van der Waals surface area contributed by atoms with Crippen molar-refractivity contribution < 1.29 is 13.9 Å². The molecule has 18 heavy (non-hydrogen) atoms. The molecule has 4 heteroatoms. The summed E-state index contributed by atoms with van der Waals surface area (Å²) in [5.74, 6) is -2.66. The molecule has 2 rings (SSSR count). The number of nitrogens with zero attached hydrogens (tertiary/aromatic N) is 1. The standard InChI is InChI=1S/C14H19F2NO/c1-10-4-3-7-17-13(10)12(18)8-11-5-2-6-14(15,16)9-11/h3-4,7,11-12,18H,2,5-6,8-9H2,1H3. The van der Waals surface area contributed by atoms with Gasteiger partial charge < -0.3 is 5.11 Å². The molecule has 0 spiro atoms. The van der Waals surface area contributed by atoms with E-state index in [4.69, 9.17) is 0 Å². The van der Waals surface area contributed by atoms with Crippen LogP contribution in [0.25, 0.3) is 0 Å². The van der Waals surface area contributed by atoms with Gasteiger partial charge >= 0.3 is 0 Å². The van der Waals surface area contributed by atoms with Gasteiger partial charge in [-0.25, -0.2) is 8.78 Å². The van der Waals surface area contributed by atoms with Crippen LogP contribution in [0.3, 0.4) is 0 Å². The molecular formula is C14H19F2NO. The van der Waals surface area contributed by atoms with Gasteiger partial charge in [-0.05, 0) is 43.7 Å². The number of aromatic nitrogens is 1. The fourth-order valence-electron chi connectivity index (χ4n) is 2.75. The second-order valence-electron chi connectivity index (χ2n) is 5.28. The summed E-state index contributed by atoms with van der Waals surface area (Å²) in [6.07, 6.45) is 2.49. The van der Waals surface area contributed by atoms with E-state index in [9.17, 15) is 13.9 Å². The van der Waals surface area contributed by atoms with Gasteiger partial charge in [-0.3, -0.25) is 4.98 Å². The summed E-state index contributed by atoms with van der Waals surface area (Å²) in [5, 5.41) is 10.1. The number of hydrogen-bond donors (Lipinski definition) is 1. The van der Waals surface area contributed by atoms with Gasteiger partial charge in [0.1, 0.15) is 0 Å². The third-order valence-corrected chi connectivity index (χ3v) is 3.66. The van der Waals surface area contributed by atoms with E-state index in [0.717, 1.165) is 12.0 Å². The Morgan fingerprint density at radius 3 is 3.00 bits per heavy atom. The lowest BCUT2D eigenvalue weighted by Gasteiger charge is -2.30. The van der Waals surface area contributed by atoms with Crippen LogP contribution in [0.15, 0.2) is 18.3 Å². The maximum Gasteiger partial charge on any atom is 0.248 e. The number of aliphatic hydroxyl groups is 1. The summed E-state index contributed by atoms with van der Waals surface area (Å²) in [6, 6.07) is 3.68. The van der Waals surface area contributed by atoms with Crippen molar-refractivity contribution in [1.82, 2.24) is 4.98 Å². The zero-order valence-corrected chi connectivity index (χ0v) is 10.6. The second kappa shape index (κ2) is 5.31. The SMILES string of the molecule is Cc1cccnc1C(O)CC1CCCC(F)(F)C1. The largest absolute Gasteiger partial charge is 0.387 e. The third-order valence-electron chi connectivity index (χ3n) is 3.66. The molecule has 1 aromatic rings. The molecule has 1 N–H and O–H groups in total. The fourth-order valence-corrected chi connectivity index (χ4v) is 2.75. The fraction of sp³-hybridized carbons (Fsp3) is 0.643. The molecule has 1 aliphatic rings. The average Bonchev–Trinajstić information content (AvgIpc) is 2.28. The van der Waals surface area contributed by atoms with E-state index >= 15 is 0 Å². The third kappa shape index (κ3) is 3.25. The lowest BCUT2D eigenvalue weighted by atomic mass is 9.82. The van der Waals surface area contributed by atoms with Crippen molar-refractivity contribution in [2.75, 3.05) is 0 Å². The molecule has 0 radical (unpaired) electrons. The van der Waals surface area contributed by atoms with Crippen molar-refractivity contribution in [2.24, 2.45) is 5.92 Å². The maximum absolute atomic E-state index is 13.3. The predicted octanol–water partition coefficient (Wildman–Crippen LogP) is 3.64. The van der Waals surface area contributed by atoms with Gasteiger partial charge in [0.05, 0.1) is 11.8 Å². The number of halogens is 2. The number of aliphatic hydroxyl groups excluding tert-OH is 1. The first-order valence-corrected chi connectivity index (χ1v) is 6.45. The second-order valence-corrected chi connectivity index (χ2v) is 5.28. The van der Waals surface area contributed by atoms with E-state index < -0.39 is 12.0 Å². The van der Waals surface area contributed by atoms with E-state index in [2.05, 4.69) is 4.98 Å². The molecule has 0 aromatic carbocycles. The summed E-state index contributed by atoms with van der Waals surface area (Å²) >= 11 is 0. The molecule has 1 aromatic heterocycles. The molecule has 0 bridgehead atoms. The predicted molar refractivity (Wildman–Crippen MR) is 65.5 cm³/mol. The van der Waals surface area contributed by atoms with Crippen LogP contribution in [-0.4, -0.2) is 16.0 Å². The van der Waals surface area contributed by atoms with Gasteiger partial charge in [-0.15, -0.1) is 0 Å². The summed E-state index contributed by atoms with van der Waals surface area (Å²) < 4.78 is 26.6. The van der Waals surface area contributed by atoms with Crippen LogP contribution in [0.5, 0.6) is 0 Å². The first-order chi connectivity index (χ1) is 8.48. The Morgan fingerprint density at radius 2 is 2.33 bits per heavy atom. The first-order valence-electron chi connectivity index (χ1n) is 6.45. The highest BCUT2D eigenvalue weighted by Gasteiger charge is 2.37. The molecule has 0 saturated heterocycles. The minimum atomic E-state index is -2.55. The quantitative estimate of drug-likeness (QED) is 0.894. The lowest BCUT2D eigenvalue weighted by molar-refractivity contribution is -0.0592.